The van der Waals surface area contributed by atoms with Crippen molar-refractivity contribution in [3.05, 3.63) is 5.01 Å². The van der Waals surface area contributed by atoms with Gasteiger partial charge in [-0.05, 0) is 13.8 Å². The van der Waals surface area contributed by atoms with E-state index in [2.05, 4.69) is 22.0 Å². The van der Waals surface area contributed by atoms with Crippen molar-refractivity contribution in [2.24, 2.45) is 5.73 Å². The number of aromatic nitrogens is 2. The summed E-state index contributed by atoms with van der Waals surface area (Å²) in [7, 11) is 0. The molecule has 1 rings (SSSR count). The largest absolute Gasteiger partial charge is 0.346 e. The third-order valence-corrected chi connectivity index (χ3v) is 2.47. The van der Waals surface area contributed by atoms with Gasteiger partial charge in [0.1, 0.15) is 5.01 Å². The number of likely N-dealkylation sites (N-methyl/N-ethyl adjacent to an activating group) is 1. The lowest BCUT2D eigenvalue weighted by molar-refractivity contribution is 0.802. The van der Waals surface area contributed by atoms with Crippen LogP contribution in [0.3, 0.4) is 0 Å². The molecule has 0 aliphatic carbocycles. The summed E-state index contributed by atoms with van der Waals surface area (Å²) in [5.41, 5.74) is 5.46. The first-order valence-corrected chi connectivity index (χ1v) is 4.84. The number of hydrogen-bond donors (Lipinski definition) is 1. The van der Waals surface area contributed by atoms with Crippen molar-refractivity contribution < 1.29 is 0 Å². The lowest BCUT2D eigenvalue weighted by atomic mass is 10.5. The van der Waals surface area contributed by atoms with E-state index in [0.29, 0.717) is 6.54 Å². The highest BCUT2D eigenvalue weighted by Gasteiger charge is 2.07. The number of anilines is 1. The quantitative estimate of drug-likeness (QED) is 0.749. The molecule has 0 aliphatic heterocycles. The van der Waals surface area contributed by atoms with E-state index in [1.165, 1.54) is 0 Å². The van der Waals surface area contributed by atoms with Crippen LogP contribution in [0, 0.1) is 6.92 Å². The fourth-order valence-corrected chi connectivity index (χ4v) is 1.74. The molecule has 0 spiro atoms. The van der Waals surface area contributed by atoms with E-state index in [-0.39, 0.29) is 0 Å². The Labute approximate surface area is 76.4 Å². The minimum Gasteiger partial charge on any atom is -0.346 e. The zero-order chi connectivity index (χ0) is 8.97. The zero-order valence-electron chi connectivity index (χ0n) is 7.45. The van der Waals surface area contributed by atoms with Crippen molar-refractivity contribution in [1.29, 1.82) is 0 Å². The molecule has 0 unspecified atom stereocenters. The van der Waals surface area contributed by atoms with E-state index in [9.17, 15) is 0 Å². The molecule has 0 bridgehead atoms. The Bertz CT molecular complexity index is 235. The van der Waals surface area contributed by atoms with E-state index in [1.807, 2.05) is 6.92 Å². The van der Waals surface area contributed by atoms with E-state index in [1.54, 1.807) is 11.3 Å². The van der Waals surface area contributed by atoms with E-state index < -0.39 is 0 Å². The molecule has 12 heavy (non-hydrogen) atoms. The Morgan fingerprint density at radius 1 is 1.50 bits per heavy atom. The molecule has 0 radical (unpaired) electrons. The molecule has 5 heteroatoms. The second-order valence-electron chi connectivity index (χ2n) is 2.47. The molecule has 68 valence electrons. The summed E-state index contributed by atoms with van der Waals surface area (Å²) < 4.78 is 0. The molecule has 0 fully saturated rings. The van der Waals surface area contributed by atoms with Crippen LogP contribution in [0.4, 0.5) is 5.13 Å². The summed E-state index contributed by atoms with van der Waals surface area (Å²) in [5, 5.41) is 9.97. The van der Waals surface area contributed by atoms with Gasteiger partial charge in [0.15, 0.2) is 0 Å². The van der Waals surface area contributed by atoms with Crippen LogP contribution in [0.25, 0.3) is 0 Å². The Hall–Kier alpha value is -0.680. The van der Waals surface area contributed by atoms with Gasteiger partial charge in [0.2, 0.25) is 5.13 Å². The molecule has 0 saturated heterocycles. The Morgan fingerprint density at radius 3 is 2.67 bits per heavy atom. The van der Waals surface area contributed by atoms with Crippen LogP contribution in [0.15, 0.2) is 0 Å². The van der Waals surface area contributed by atoms with Gasteiger partial charge in [-0.3, -0.25) is 0 Å². The number of rotatable bonds is 4. The third-order valence-electron chi connectivity index (χ3n) is 1.57. The second-order valence-corrected chi connectivity index (χ2v) is 3.63. The van der Waals surface area contributed by atoms with E-state index in [4.69, 9.17) is 5.73 Å². The molecule has 1 aromatic rings. The third kappa shape index (κ3) is 2.15. The first kappa shape index (κ1) is 9.41. The molecular formula is C7H14N4S. The van der Waals surface area contributed by atoms with Crippen LogP contribution in [-0.2, 0) is 0 Å². The maximum atomic E-state index is 5.46. The molecule has 4 nitrogen and oxygen atoms in total. The molecule has 0 aliphatic rings. The number of nitrogens with zero attached hydrogens (tertiary/aromatic N) is 3. The second kappa shape index (κ2) is 4.37. The average Bonchev–Trinajstić information content (AvgIpc) is 2.47. The fraction of sp³-hybridized carbons (Fsp3) is 0.714. The van der Waals surface area contributed by atoms with Crippen LogP contribution >= 0.6 is 11.3 Å². The molecule has 0 aromatic carbocycles. The molecule has 0 saturated carbocycles. The predicted octanol–water partition coefficient (Wildman–Crippen LogP) is 0.632. The zero-order valence-corrected chi connectivity index (χ0v) is 8.27. The van der Waals surface area contributed by atoms with Gasteiger partial charge in [-0.15, -0.1) is 10.2 Å². The average molecular weight is 186 g/mol. The summed E-state index contributed by atoms with van der Waals surface area (Å²) >= 11 is 1.61. The van der Waals surface area contributed by atoms with E-state index in [0.717, 1.165) is 23.2 Å². The Kier molecular flexibility index (Phi) is 3.43. The van der Waals surface area contributed by atoms with E-state index >= 15 is 0 Å². The van der Waals surface area contributed by atoms with Gasteiger partial charge in [0.05, 0.1) is 0 Å². The van der Waals surface area contributed by atoms with Crippen LogP contribution in [0.5, 0.6) is 0 Å². The molecule has 0 atom stereocenters. The van der Waals surface area contributed by atoms with Gasteiger partial charge < -0.3 is 10.6 Å². The van der Waals surface area contributed by atoms with Crippen molar-refractivity contribution in [2.45, 2.75) is 13.8 Å². The minimum atomic E-state index is 0.659. The first-order valence-electron chi connectivity index (χ1n) is 4.03. The summed E-state index contributed by atoms with van der Waals surface area (Å²) in [5.74, 6) is 0. The van der Waals surface area contributed by atoms with Gasteiger partial charge in [-0.25, -0.2) is 0 Å². The van der Waals surface area contributed by atoms with Crippen molar-refractivity contribution in [2.75, 3.05) is 24.5 Å². The molecule has 2 N–H and O–H groups in total. The number of nitrogens with two attached hydrogens (primary N) is 1. The molecule has 0 amide bonds. The smallest absolute Gasteiger partial charge is 0.208 e. The van der Waals surface area contributed by atoms with Gasteiger partial charge in [0, 0.05) is 19.6 Å². The number of aryl methyl sites for hydroxylation is 1. The highest BCUT2D eigenvalue weighted by atomic mass is 32.1. The first-order chi connectivity index (χ1) is 5.77. The van der Waals surface area contributed by atoms with Crippen molar-refractivity contribution in [3.63, 3.8) is 0 Å². The number of hydrogen-bond acceptors (Lipinski definition) is 5. The molecular weight excluding hydrogens is 172 g/mol. The monoisotopic (exact) mass is 186 g/mol. The lowest BCUT2D eigenvalue weighted by Crippen LogP contribution is -2.28. The van der Waals surface area contributed by atoms with Crippen LogP contribution < -0.4 is 10.6 Å². The SMILES string of the molecule is CCN(CCN)c1nnc(C)s1. The summed E-state index contributed by atoms with van der Waals surface area (Å²) in [6.07, 6.45) is 0. The Morgan fingerprint density at radius 2 is 2.25 bits per heavy atom. The van der Waals surface area contributed by atoms with Gasteiger partial charge in [0.25, 0.3) is 0 Å². The molecule has 1 aromatic heterocycles. The van der Waals surface area contributed by atoms with Gasteiger partial charge in [-0.1, -0.05) is 11.3 Å². The summed E-state index contributed by atoms with van der Waals surface area (Å²) in [4.78, 5) is 2.13. The normalized spacial score (nSPS) is 10.2. The summed E-state index contributed by atoms with van der Waals surface area (Å²) in [6, 6.07) is 0. The van der Waals surface area contributed by atoms with Crippen LogP contribution in [0.2, 0.25) is 0 Å². The standard InChI is InChI=1S/C7H14N4S/c1-3-11(5-4-8)7-10-9-6(2)12-7/h3-5,8H2,1-2H3. The van der Waals surface area contributed by atoms with Crippen molar-refractivity contribution in [3.8, 4) is 0 Å². The topological polar surface area (TPSA) is 55.0 Å². The highest BCUT2D eigenvalue weighted by Crippen LogP contribution is 2.18. The highest BCUT2D eigenvalue weighted by molar-refractivity contribution is 7.15. The maximum Gasteiger partial charge on any atom is 0.208 e. The van der Waals surface area contributed by atoms with Crippen molar-refractivity contribution in [1.82, 2.24) is 10.2 Å². The Balaban J connectivity index is 2.66. The van der Waals surface area contributed by atoms with Crippen molar-refractivity contribution >= 4 is 16.5 Å². The lowest BCUT2D eigenvalue weighted by Gasteiger charge is -2.17. The maximum absolute atomic E-state index is 5.46. The van der Waals surface area contributed by atoms with Gasteiger partial charge >= 0.3 is 0 Å². The van der Waals surface area contributed by atoms with Crippen LogP contribution in [0.1, 0.15) is 11.9 Å². The molecule has 1 heterocycles. The predicted molar refractivity (Wildman–Crippen MR) is 51.6 cm³/mol. The fourth-order valence-electron chi connectivity index (χ4n) is 0.959. The van der Waals surface area contributed by atoms with Crippen LogP contribution in [-0.4, -0.2) is 29.8 Å². The summed E-state index contributed by atoms with van der Waals surface area (Å²) in [6.45, 7) is 6.49. The minimum absolute atomic E-state index is 0.659. The van der Waals surface area contributed by atoms with Gasteiger partial charge in [-0.2, -0.15) is 0 Å².